The molecule has 0 saturated carbocycles. The van der Waals surface area contributed by atoms with E-state index in [-0.39, 0.29) is 12.0 Å². The molecule has 0 aromatic heterocycles. The molecule has 2 rings (SSSR count). The molecule has 2 atom stereocenters. The van der Waals surface area contributed by atoms with Crippen LogP contribution in [0.4, 0.5) is 5.69 Å². The van der Waals surface area contributed by atoms with E-state index in [0.717, 1.165) is 6.42 Å². The molecule has 5 N–H and O–H groups in total. The monoisotopic (exact) mass is 263 g/mol. The summed E-state index contributed by atoms with van der Waals surface area (Å²) in [6.07, 6.45) is 0.914. The quantitative estimate of drug-likeness (QED) is 0.722. The number of ether oxygens (including phenoxy) is 1. The van der Waals surface area contributed by atoms with E-state index in [1.54, 1.807) is 18.2 Å². The fourth-order valence-electron chi connectivity index (χ4n) is 2.04. The van der Waals surface area contributed by atoms with Gasteiger partial charge in [0.25, 0.3) is 5.91 Å². The number of primary amides is 1. The summed E-state index contributed by atoms with van der Waals surface area (Å²) in [4.78, 5) is 23.0. The Labute approximate surface area is 111 Å². The summed E-state index contributed by atoms with van der Waals surface area (Å²) in [5.41, 5.74) is 11.6. The third-order valence-corrected chi connectivity index (χ3v) is 3.08. The van der Waals surface area contributed by atoms with Crippen molar-refractivity contribution in [3.63, 3.8) is 0 Å². The van der Waals surface area contributed by atoms with Crippen LogP contribution in [0.5, 0.6) is 0 Å². The molecular formula is C13H17N3O3. The molecule has 0 unspecified atom stereocenters. The minimum absolute atomic E-state index is 0.0484. The number of nitrogens with one attached hydrogen (secondary N) is 1. The van der Waals surface area contributed by atoms with Gasteiger partial charge in [0.1, 0.15) is 6.10 Å². The lowest BCUT2D eigenvalue weighted by atomic mass is 10.1. The highest BCUT2D eigenvalue weighted by Gasteiger charge is 2.29. The summed E-state index contributed by atoms with van der Waals surface area (Å²) in [5, 5.41) is 2.71. The normalized spacial score (nSPS) is 22.2. The fourth-order valence-corrected chi connectivity index (χ4v) is 2.04. The Bertz CT molecular complexity index is 490. The smallest absolute Gasteiger partial charge is 0.253 e. The highest BCUT2D eigenvalue weighted by Crippen LogP contribution is 2.20. The second-order valence-electron chi connectivity index (χ2n) is 4.49. The van der Waals surface area contributed by atoms with Crippen LogP contribution in [0.1, 0.15) is 23.2 Å². The van der Waals surface area contributed by atoms with Crippen LogP contribution < -0.4 is 16.8 Å². The van der Waals surface area contributed by atoms with E-state index in [9.17, 15) is 9.59 Å². The van der Waals surface area contributed by atoms with Gasteiger partial charge in [0.15, 0.2) is 0 Å². The molecule has 1 fully saturated rings. The number of hydrogen-bond donors (Lipinski definition) is 3. The summed E-state index contributed by atoms with van der Waals surface area (Å²) < 4.78 is 5.49. The maximum Gasteiger partial charge on any atom is 0.253 e. The molecule has 102 valence electrons. The van der Waals surface area contributed by atoms with Crippen molar-refractivity contribution < 1.29 is 14.3 Å². The van der Waals surface area contributed by atoms with E-state index >= 15 is 0 Å². The van der Waals surface area contributed by atoms with E-state index < -0.39 is 12.0 Å². The van der Waals surface area contributed by atoms with E-state index in [2.05, 4.69) is 5.32 Å². The number of carbonyl (C=O) groups is 2. The number of benzene rings is 1. The molecule has 0 radical (unpaired) electrons. The molecule has 1 saturated heterocycles. The van der Waals surface area contributed by atoms with Crippen molar-refractivity contribution in [1.82, 2.24) is 0 Å². The summed E-state index contributed by atoms with van der Waals surface area (Å²) >= 11 is 0. The van der Waals surface area contributed by atoms with E-state index in [1.807, 2.05) is 0 Å². The van der Waals surface area contributed by atoms with Crippen molar-refractivity contribution in [3.8, 4) is 0 Å². The zero-order chi connectivity index (χ0) is 13.8. The van der Waals surface area contributed by atoms with Crippen LogP contribution in [0, 0.1) is 0 Å². The summed E-state index contributed by atoms with van der Waals surface area (Å²) in [7, 11) is 0. The van der Waals surface area contributed by atoms with Crippen molar-refractivity contribution >= 4 is 17.5 Å². The van der Waals surface area contributed by atoms with Crippen LogP contribution >= 0.6 is 0 Å². The first kappa shape index (κ1) is 13.5. The van der Waals surface area contributed by atoms with Crippen molar-refractivity contribution in [3.05, 3.63) is 29.8 Å². The fraction of sp³-hybridized carbons (Fsp3) is 0.385. The molecule has 1 aliphatic heterocycles. The third-order valence-electron chi connectivity index (χ3n) is 3.08. The van der Waals surface area contributed by atoms with E-state index in [1.165, 1.54) is 6.07 Å². The van der Waals surface area contributed by atoms with Crippen molar-refractivity contribution in [2.45, 2.75) is 25.0 Å². The molecule has 1 aliphatic rings. The average molecular weight is 263 g/mol. The molecule has 1 aromatic rings. The van der Waals surface area contributed by atoms with Crippen LogP contribution in [-0.2, 0) is 9.53 Å². The molecule has 19 heavy (non-hydrogen) atoms. The maximum absolute atomic E-state index is 12.0. The van der Waals surface area contributed by atoms with Gasteiger partial charge in [0.05, 0.1) is 6.10 Å². The Kier molecular flexibility index (Phi) is 4.13. The lowest BCUT2D eigenvalue weighted by Gasteiger charge is -2.13. The largest absolute Gasteiger partial charge is 0.366 e. The lowest BCUT2D eigenvalue weighted by molar-refractivity contribution is -0.126. The minimum atomic E-state index is -0.531. The van der Waals surface area contributed by atoms with Gasteiger partial charge < -0.3 is 21.5 Å². The van der Waals surface area contributed by atoms with Crippen LogP contribution in [0.3, 0.4) is 0 Å². The first-order valence-electron chi connectivity index (χ1n) is 6.16. The molecule has 1 aromatic carbocycles. The Morgan fingerprint density at radius 1 is 1.37 bits per heavy atom. The molecule has 0 aliphatic carbocycles. The molecule has 0 bridgehead atoms. The van der Waals surface area contributed by atoms with Gasteiger partial charge >= 0.3 is 0 Å². The second kappa shape index (κ2) is 5.81. The Balaban J connectivity index is 1.99. The zero-order valence-electron chi connectivity index (χ0n) is 10.5. The predicted octanol–water partition coefficient (Wildman–Crippen LogP) is 0.230. The van der Waals surface area contributed by atoms with Crippen LogP contribution in [0.25, 0.3) is 0 Å². The zero-order valence-corrected chi connectivity index (χ0v) is 10.5. The highest BCUT2D eigenvalue weighted by atomic mass is 16.5. The van der Waals surface area contributed by atoms with E-state index in [4.69, 9.17) is 16.2 Å². The topological polar surface area (TPSA) is 107 Å². The van der Waals surface area contributed by atoms with Gasteiger partial charge in [-0.05, 0) is 31.0 Å². The van der Waals surface area contributed by atoms with Gasteiger partial charge in [-0.1, -0.05) is 6.07 Å². The Hall–Kier alpha value is -1.92. The Morgan fingerprint density at radius 3 is 2.79 bits per heavy atom. The molecule has 1 heterocycles. The van der Waals surface area contributed by atoms with Crippen molar-refractivity contribution in [1.29, 1.82) is 0 Å². The number of amides is 2. The van der Waals surface area contributed by atoms with Gasteiger partial charge in [0, 0.05) is 17.8 Å². The van der Waals surface area contributed by atoms with E-state index in [0.29, 0.717) is 24.2 Å². The standard InChI is InChI=1S/C13H17N3O3/c14-7-10-4-5-11(19-10)13(18)16-9-3-1-2-8(6-9)12(15)17/h1-3,6,10-11H,4-5,7,14H2,(H2,15,17)(H,16,18)/t10-,11+/m1/s1. The SMILES string of the molecule is NC[C@H]1CC[C@@H](C(=O)Nc2cccc(C(N)=O)c2)O1. The number of hydrogen-bond acceptors (Lipinski definition) is 4. The number of nitrogens with two attached hydrogens (primary N) is 2. The molecule has 6 nitrogen and oxygen atoms in total. The second-order valence-corrected chi connectivity index (χ2v) is 4.49. The third kappa shape index (κ3) is 3.30. The highest BCUT2D eigenvalue weighted by molar-refractivity contribution is 5.97. The van der Waals surface area contributed by atoms with Crippen LogP contribution in [0.15, 0.2) is 24.3 Å². The van der Waals surface area contributed by atoms with Crippen molar-refractivity contribution in [2.75, 3.05) is 11.9 Å². The van der Waals surface area contributed by atoms with Crippen molar-refractivity contribution in [2.24, 2.45) is 11.5 Å². The molecule has 0 spiro atoms. The summed E-state index contributed by atoms with van der Waals surface area (Å²) in [6, 6.07) is 6.48. The van der Waals surface area contributed by atoms with Gasteiger partial charge in [-0.15, -0.1) is 0 Å². The number of carbonyl (C=O) groups excluding carboxylic acids is 2. The summed E-state index contributed by atoms with van der Waals surface area (Å²) in [6.45, 7) is 0.418. The molecule has 6 heteroatoms. The van der Waals surface area contributed by atoms with Gasteiger partial charge in [-0.25, -0.2) is 0 Å². The number of rotatable bonds is 4. The molecular weight excluding hydrogens is 246 g/mol. The van der Waals surface area contributed by atoms with Gasteiger partial charge in [0.2, 0.25) is 5.91 Å². The average Bonchev–Trinajstić information content (AvgIpc) is 2.88. The first-order chi connectivity index (χ1) is 9.10. The van der Waals surface area contributed by atoms with Gasteiger partial charge in [-0.2, -0.15) is 0 Å². The minimum Gasteiger partial charge on any atom is -0.366 e. The maximum atomic E-state index is 12.0. The predicted molar refractivity (Wildman–Crippen MR) is 70.5 cm³/mol. The van der Waals surface area contributed by atoms with Gasteiger partial charge in [-0.3, -0.25) is 9.59 Å². The van der Waals surface area contributed by atoms with Crippen LogP contribution in [0.2, 0.25) is 0 Å². The molecule has 2 amide bonds. The summed E-state index contributed by atoms with van der Waals surface area (Å²) in [5.74, 6) is -0.756. The Morgan fingerprint density at radius 2 is 2.16 bits per heavy atom. The van der Waals surface area contributed by atoms with Crippen LogP contribution in [-0.4, -0.2) is 30.6 Å². The lowest BCUT2D eigenvalue weighted by Crippen LogP contribution is -2.29. The first-order valence-corrected chi connectivity index (χ1v) is 6.16. The number of anilines is 1.